The van der Waals surface area contributed by atoms with Crippen molar-refractivity contribution < 1.29 is 4.92 Å². The van der Waals surface area contributed by atoms with Gasteiger partial charge in [-0.1, -0.05) is 13.8 Å². The van der Waals surface area contributed by atoms with Crippen LogP contribution in [0.1, 0.15) is 19.5 Å². The lowest BCUT2D eigenvalue weighted by atomic mass is 10.2. The van der Waals surface area contributed by atoms with Crippen LogP contribution in [0, 0.1) is 16.0 Å². The largest absolute Gasteiger partial charge is 0.341 e. The molecule has 0 aliphatic carbocycles. The van der Waals surface area contributed by atoms with Gasteiger partial charge in [0, 0.05) is 36.1 Å². The number of aromatic nitrogens is 2. The van der Waals surface area contributed by atoms with Crippen LogP contribution in [0.25, 0.3) is 11.4 Å². The van der Waals surface area contributed by atoms with E-state index in [-0.39, 0.29) is 5.69 Å². The van der Waals surface area contributed by atoms with Crippen LogP contribution in [0.3, 0.4) is 0 Å². The number of aromatic amines is 1. The van der Waals surface area contributed by atoms with Gasteiger partial charge in [0.15, 0.2) is 0 Å². The average molecular weight is 274 g/mol. The molecule has 0 spiro atoms. The Balaban J connectivity index is 2.02. The molecule has 0 fully saturated rings. The van der Waals surface area contributed by atoms with Gasteiger partial charge < -0.3 is 10.3 Å². The Hall–Kier alpha value is -2.21. The molecule has 106 valence electrons. The van der Waals surface area contributed by atoms with E-state index in [4.69, 9.17) is 0 Å². The molecule has 0 unspecified atom stereocenters. The van der Waals surface area contributed by atoms with E-state index >= 15 is 0 Å². The topological polar surface area (TPSA) is 83.8 Å². The van der Waals surface area contributed by atoms with Crippen molar-refractivity contribution in [2.24, 2.45) is 5.92 Å². The molecule has 2 rings (SSSR count). The second kappa shape index (κ2) is 6.29. The highest BCUT2D eigenvalue weighted by molar-refractivity contribution is 5.57. The van der Waals surface area contributed by atoms with Crippen LogP contribution in [0.15, 0.2) is 30.5 Å². The normalized spacial score (nSPS) is 10.9. The molecule has 6 heteroatoms. The van der Waals surface area contributed by atoms with E-state index in [1.807, 2.05) is 0 Å². The average Bonchev–Trinajstić information content (AvgIpc) is 2.87. The highest BCUT2D eigenvalue weighted by Crippen LogP contribution is 2.19. The van der Waals surface area contributed by atoms with Gasteiger partial charge in [0.05, 0.1) is 4.92 Å². The van der Waals surface area contributed by atoms with E-state index in [0.717, 1.165) is 30.2 Å². The monoisotopic (exact) mass is 274 g/mol. The fourth-order valence-corrected chi connectivity index (χ4v) is 1.83. The molecule has 2 N–H and O–H groups in total. The minimum Gasteiger partial charge on any atom is -0.341 e. The molecule has 0 atom stereocenters. The van der Waals surface area contributed by atoms with Crippen molar-refractivity contribution in [3.63, 3.8) is 0 Å². The summed E-state index contributed by atoms with van der Waals surface area (Å²) in [5, 5.41) is 13.9. The maximum atomic E-state index is 10.6. The van der Waals surface area contributed by atoms with Gasteiger partial charge in [-0.2, -0.15) is 0 Å². The highest BCUT2D eigenvalue weighted by Gasteiger charge is 2.07. The quantitative estimate of drug-likeness (QED) is 0.626. The summed E-state index contributed by atoms with van der Waals surface area (Å²) in [5.41, 5.74) is 1.92. The number of imidazole rings is 1. The van der Waals surface area contributed by atoms with Crippen molar-refractivity contribution >= 4 is 5.69 Å². The molecular formula is C14H18N4O2. The first-order valence-corrected chi connectivity index (χ1v) is 6.55. The summed E-state index contributed by atoms with van der Waals surface area (Å²) in [6, 6.07) is 6.35. The fourth-order valence-electron chi connectivity index (χ4n) is 1.83. The number of nitro benzene ring substituents is 1. The third-order valence-corrected chi connectivity index (χ3v) is 2.85. The predicted molar refractivity (Wildman–Crippen MR) is 77.2 cm³/mol. The van der Waals surface area contributed by atoms with Crippen LogP contribution >= 0.6 is 0 Å². The number of nitrogens with one attached hydrogen (secondary N) is 2. The van der Waals surface area contributed by atoms with Crippen LogP contribution in [0.5, 0.6) is 0 Å². The summed E-state index contributed by atoms with van der Waals surface area (Å²) >= 11 is 0. The molecular weight excluding hydrogens is 256 g/mol. The van der Waals surface area contributed by atoms with Crippen molar-refractivity contribution in [3.8, 4) is 11.4 Å². The molecule has 0 aliphatic heterocycles. The Morgan fingerprint density at radius 3 is 2.65 bits per heavy atom. The summed E-state index contributed by atoms with van der Waals surface area (Å²) in [6.45, 7) is 5.99. The number of nitro groups is 1. The van der Waals surface area contributed by atoms with Crippen molar-refractivity contribution in [2.75, 3.05) is 6.54 Å². The molecule has 0 amide bonds. The van der Waals surface area contributed by atoms with Gasteiger partial charge in [-0.15, -0.1) is 0 Å². The van der Waals surface area contributed by atoms with Crippen molar-refractivity contribution in [2.45, 2.75) is 20.4 Å². The summed E-state index contributed by atoms with van der Waals surface area (Å²) in [6.07, 6.45) is 1.78. The molecule has 1 aromatic carbocycles. The molecule has 1 aromatic heterocycles. The maximum Gasteiger partial charge on any atom is 0.269 e. The zero-order valence-electron chi connectivity index (χ0n) is 11.6. The smallest absolute Gasteiger partial charge is 0.269 e. The van der Waals surface area contributed by atoms with Gasteiger partial charge >= 0.3 is 0 Å². The summed E-state index contributed by atoms with van der Waals surface area (Å²) in [5.74, 6) is 1.33. The van der Waals surface area contributed by atoms with Gasteiger partial charge in [0.25, 0.3) is 5.69 Å². The molecule has 2 aromatic rings. The van der Waals surface area contributed by atoms with E-state index in [1.54, 1.807) is 18.3 Å². The van der Waals surface area contributed by atoms with E-state index < -0.39 is 4.92 Å². The van der Waals surface area contributed by atoms with E-state index in [1.165, 1.54) is 12.1 Å². The first-order chi connectivity index (χ1) is 9.56. The van der Waals surface area contributed by atoms with Gasteiger partial charge in [-0.05, 0) is 24.6 Å². The number of non-ortho nitro benzene ring substituents is 1. The van der Waals surface area contributed by atoms with Gasteiger partial charge in [-0.25, -0.2) is 4.98 Å². The fraction of sp³-hybridized carbons (Fsp3) is 0.357. The predicted octanol–water partition coefficient (Wildman–Crippen LogP) is 2.73. The minimum atomic E-state index is -0.410. The van der Waals surface area contributed by atoms with Crippen LogP contribution in [-0.4, -0.2) is 21.4 Å². The second-order valence-corrected chi connectivity index (χ2v) is 5.09. The molecule has 0 saturated carbocycles. The van der Waals surface area contributed by atoms with Gasteiger partial charge in [0.1, 0.15) is 5.82 Å². The van der Waals surface area contributed by atoms with E-state index in [0.29, 0.717) is 5.92 Å². The van der Waals surface area contributed by atoms with Crippen molar-refractivity contribution in [3.05, 3.63) is 46.3 Å². The molecule has 1 heterocycles. The summed E-state index contributed by atoms with van der Waals surface area (Å²) < 4.78 is 0. The highest BCUT2D eigenvalue weighted by atomic mass is 16.6. The zero-order chi connectivity index (χ0) is 14.5. The van der Waals surface area contributed by atoms with Gasteiger partial charge in [0.2, 0.25) is 0 Å². The lowest BCUT2D eigenvalue weighted by Crippen LogP contribution is -2.19. The SMILES string of the molecule is CC(C)CNCc1cnc(-c2ccc([N+](=O)[O-])cc2)[nH]1. The molecule has 0 bridgehead atoms. The van der Waals surface area contributed by atoms with Crippen LogP contribution in [0.2, 0.25) is 0 Å². The lowest BCUT2D eigenvalue weighted by Gasteiger charge is -2.05. The summed E-state index contributed by atoms with van der Waals surface area (Å²) in [4.78, 5) is 17.7. The molecule has 0 saturated heterocycles. The molecule has 6 nitrogen and oxygen atoms in total. The Morgan fingerprint density at radius 1 is 1.35 bits per heavy atom. The van der Waals surface area contributed by atoms with Gasteiger partial charge in [-0.3, -0.25) is 10.1 Å². The third-order valence-electron chi connectivity index (χ3n) is 2.85. The lowest BCUT2D eigenvalue weighted by molar-refractivity contribution is -0.384. The van der Waals surface area contributed by atoms with Crippen LogP contribution in [-0.2, 0) is 6.54 Å². The minimum absolute atomic E-state index is 0.0825. The number of benzene rings is 1. The Kier molecular flexibility index (Phi) is 4.47. The zero-order valence-corrected chi connectivity index (χ0v) is 11.6. The first-order valence-electron chi connectivity index (χ1n) is 6.55. The Bertz CT molecular complexity index is 575. The number of H-pyrrole nitrogens is 1. The number of rotatable bonds is 6. The van der Waals surface area contributed by atoms with E-state index in [2.05, 4.69) is 29.1 Å². The number of nitrogens with zero attached hydrogens (tertiary/aromatic N) is 2. The molecule has 20 heavy (non-hydrogen) atoms. The second-order valence-electron chi connectivity index (χ2n) is 5.09. The van der Waals surface area contributed by atoms with Crippen molar-refractivity contribution in [1.82, 2.24) is 15.3 Å². The maximum absolute atomic E-state index is 10.6. The summed E-state index contributed by atoms with van der Waals surface area (Å²) in [7, 11) is 0. The number of hydrogen-bond acceptors (Lipinski definition) is 4. The number of hydrogen-bond donors (Lipinski definition) is 2. The third kappa shape index (κ3) is 3.64. The van der Waals surface area contributed by atoms with Crippen LogP contribution < -0.4 is 5.32 Å². The van der Waals surface area contributed by atoms with E-state index in [9.17, 15) is 10.1 Å². The molecule has 0 radical (unpaired) electrons. The van der Waals surface area contributed by atoms with Crippen molar-refractivity contribution in [1.29, 1.82) is 0 Å². The molecule has 0 aliphatic rings. The van der Waals surface area contributed by atoms with Crippen LogP contribution in [0.4, 0.5) is 5.69 Å². The Morgan fingerprint density at radius 2 is 2.05 bits per heavy atom. The standard InChI is InChI=1S/C14H18N4O2/c1-10(2)7-15-8-12-9-16-14(17-12)11-3-5-13(6-4-11)18(19)20/h3-6,9-10,15H,7-8H2,1-2H3,(H,16,17). The first kappa shape index (κ1) is 14.2. The Labute approximate surface area is 117 Å².